The molecular weight excluding hydrogens is 232 g/mol. The number of nitrogens with zero attached hydrogens (tertiary/aromatic N) is 1. The van der Waals surface area contributed by atoms with Crippen LogP contribution in [0.4, 0.5) is 5.82 Å². The Morgan fingerprint density at radius 3 is 3.12 bits per heavy atom. The minimum atomic E-state index is 0.617. The average Bonchev–Trinajstić information content (AvgIpc) is 2.81. The Morgan fingerprint density at radius 2 is 2.29 bits per heavy atom. The van der Waals surface area contributed by atoms with Crippen molar-refractivity contribution in [1.82, 2.24) is 4.98 Å². The zero-order valence-corrected chi connectivity index (χ0v) is 11.3. The lowest BCUT2D eigenvalue weighted by Crippen LogP contribution is -2.07. The second-order valence-electron chi connectivity index (χ2n) is 4.98. The van der Waals surface area contributed by atoms with Crippen LogP contribution < -0.4 is 5.32 Å². The molecule has 94 valence electrons. The highest BCUT2D eigenvalue weighted by atomic mass is 35.5. The van der Waals surface area contributed by atoms with Crippen molar-refractivity contribution in [1.29, 1.82) is 0 Å². The second kappa shape index (κ2) is 6.25. The summed E-state index contributed by atoms with van der Waals surface area (Å²) in [7, 11) is 0. The number of aryl methyl sites for hydroxylation is 2. The van der Waals surface area contributed by atoms with Gasteiger partial charge in [0.15, 0.2) is 0 Å². The van der Waals surface area contributed by atoms with E-state index in [0.717, 1.165) is 31.1 Å². The van der Waals surface area contributed by atoms with Gasteiger partial charge in [-0.1, -0.05) is 13.0 Å². The molecule has 1 aromatic rings. The quantitative estimate of drug-likeness (QED) is 0.618. The lowest BCUT2D eigenvalue weighted by molar-refractivity contribution is 0.572. The summed E-state index contributed by atoms with van der Waals surface area (Å²) in [5.74, 6) is 2.41. The molecule has 1 heterocycles. The van der Waals surface area contributed by atoms with E-state index in [1.54, 1.807) is 0 Å². The maximum Gasteiger partial charge on any atom is 0.126 e. The van der Waals surface area contributed by atoms with E-state index in [-0.39, 0.29) is 0 Å². The number of anilines is 1. The molecule has 0 saturated heterocycles. The fourth-order valence-electron chi connectivity index (χ4n) is 2.26. The number of pyridine rings is 1. The van der Waals surface area contributed by atoms with Crippen LogP contribution in [-0.2, 0) is 12.8 Å². The molecule has 0 radical (unpaired) electrons. The molecule has 0 bridgehead atoms. The second-order valence-corrected chi connectivity index (χ2v) is 5.29. The summed E-state index contributed by atoms with van der Waals surface area (Å²) in [6.45, 7) is 3.19. The number of hydrogen-bond donors (Lipinski definition) is 1. The summed E-state index contributed by atoms with van der Waals surface area (Å²) in [5.41, 5.74) is 2.73. The van der Waals surface area contributed by atoms with E-state index in [1.807, 2.05) is 0 Å². The van der Waals surface area contributed by atoms with Gasteiger partial charge in [-0.25, -0.2) is 4.98 Å². The Kier molecular flexibility index (Phi) is 4.66. The van der Waals surface area contributed by atoms with Gasteiger partial charge in [0.25, 0.3) is 0 Å². The molecule has 0 fully saturated rings. The van der Waals surface area contributed by atoms with Crippen LogP contribution in [0.15, 0.2) is 12.1 Å². The third kappa shape index (κ3) is 3.60. The molecule has 17 heavy (non-hydrogen) atoms. The third-order valence-electron chi connectivity index (χ3n) is 3.37. The number of hydrogen-bond acceptors (Lipinski definition) is 2. The number of rotatable bonds is 6. The fraction of sp³-hybridized carbons (Fsp3) is 0.643. The summed E-state index contributed by atoms with van der Waals surface area (Å²) in [6, 6.07) is 4.33. The predicted molar refractivity (Wildman–Crippen MR) is 73.9 cm³/mol. The summed E-state index contributed by atoms with van der Waals surface area (Å²) < 4.78 is 0. The Morgan fingerprint density at radius 1 is 1.41 bits per heavy atom. The standard InChI is InChI=1S/C14H21ClN2/c1-11(10-15)4-3-9-16-14-8-7-12-5-2-6-13(12)17-14/h7-8,11H,2-6,9-10H2,1H3,(H,16,17). The van der Waals surface area contributed by atoms with E-state index in [9.17, 15) is 0 Å². The highest BCUT2D eigenvalue weighted by Gasteiger charge is 2.12. The Balaban J connectivity index is 1.76. The van der Waals surface area contributed by atoms with Crippen LogP contribution in [0.3, 0.4) is 0 Å². The molecule has 1 unspecified atom stereocenters. The van der Waals surface area contributed by atoms with Gasteiger partial charge in [-0.15, -0.1) is 11.6 Å². The minimum Gasteiger partial charge on any atom is -0.370 e. The molecule has 2 nitrogen and oxygen atoms in total. The molecule has 0 aliphatic heterocycles. The Bertz CT molecular complexity index is 365. The molecule has 0 spiro atoms. The van der Waals surface area contributed by atoms with Gasteiger partial charge in [0.2, 0.25) is 0 Å². The van der Waals surface area contributed by atoms with E-state index in [0.29, 0.717) is 5.92 Å². The van der Waals surface area contributed by atoms with Crippen molar-refractivity contribution < 1.29 is 0 Å². The van der Waals surface area contributed by atoms with Gasteiger partial charge in [-0.3, -0.25) is 0 Å². The molecule has 1 atom stereocenters. The average molecular weight is 253 g/mol. The lowest BCUT2D eigenvalue weighted by Gasteiger charge is -2.09. The van der Waals surface area contributed by atoms with Crippen LogP contribution in [0.5, 0.6) is 0 Å². The first kappa shape index (κ1) is 12.7. The van der Waals surface area contributed by atoms with Crippen LogP contribution >= 0.6 is 11.6 Å². The molecule has 0 amide bonds. The van der Waals surface area contributed by atoms with E-state index < -0.39 is 0 Å². The van der Waals surface area contributed by atoms with Crippen LogP contribution in [0.25, 0.3) is 0 Å². The van der Waals surface area contributed by atoms with E-state index in [2.05, 4.69) is 29.4 Å². The summed E-state index contributed by atoms with van der Waals surface area (Å²) in [6.07, 6.45) is 5.96. The van der Waals surface area contributed by atoms with Gasteiger partial charge >= 0.3 is 0 Å². The normalized spacial score (nSPS) is 15.6. The molecule has 0 saturated carbocycles. The summed E-state index contributed by atoms with van der Waals surface area (Å²) >= 11 is 5.78. The van der Waals surface area contributed by atoms with Crippen molar-refractivity contribution in [2.24, 2.45) is 5.92 Å². The van der Waals surface area contributed by atoms with Crippen molar-refractivity contribution in [2.45, 2.75) is 39.0 Å². The molecule has 1 aliphatic carbocycles. The first-order valence-corrected chi connectivity index (χ1v) is 7.11. The minimum absolute atomic E-state index is 0.617. The van der Waals surface area contributed by atoms with Crippen molar-refractivity contribution in [3.8, 4) is 0 Å². The first-order valence-electron chi connectivity index (χ1n) is 6.58. The maximum absolute atomic E-state index is 5.78. The highest BCUT2D eigenvalue weighted by molar-refractivity contribution is 6.18. The van der Waals surface area contributed by atoms with E-state index in [1.165, 1.54) is 30.5 Å². The van der Waals surface area contributed by atoms with E-state index >= 15 is 0 Å². The van der Waals surface area contributed by atoms with Gasteiger partial charge < -0.3 is 5.32 Å². The lowest BCUT2D eigenvalue weighted by atomic mass is 10.1. The van der Waals surface area contributed by atoms with Crippen molar-refractivity contribution in [3.05, 3.63) is 23.4 Å². The number of halogens is 1. The molecule has 3 heteroatoms. The number of aromatic nitrogens is 1. The zero-order valence-electron chi connectivity index (χ0n) is 10.5. The zero-order chi connectivity index (χ0) is 12.1. The number of nitrogens with one attached hydrogen (secondary N) is 1. The van der Waals surface area contributed by atoms with Gasteiger partial charge in [0.1, 0.15) is 5.82 Å². The largest absolute Gasteiger partial charge is 0.370 e. The van der Waals surface area contributed by atoms with Gasteiger partial charge in [-0.05, 0) is 49.7 Å². The Hall–Kier alpha value is -0.760. The van der Waals surface area contributed by atoms with Crippen LogP contribution in [-0.4, -0.2) is 17.4 Å². The summed E-state index contributed by atoms with van der Waals surface area (Å²) in [4.78, 5) is 4.65. The maximum atomic E-state index is 5.78. The third-order valence-corrected chi connectivity index (χ3v) is 3.90. The van der Waals surface area contributed by atoms with Crippen LogP contribution in [0.1, 0.15) is 37.4 Å². The molecule has 1 N–H and O–H groups in total. The van der Waals surface area contributed by atoms with E-state index in [4.69, 9.17) is 11.6 Å². The topological polar surface area (TPSA) is 24.9 Å². The van der Waals surface area contributed by atoms with Crippen LogP contribution in [0.2, 0.25) is 0 Å². The number of fused-ring (bicyclic) bond motifs is 1. The number of alkyl halides is 1. The smallest absolute Gasteiger partial charge is 0.126 e. The molecule has 1 aromatic heterocycles. The van der Waals surface area contributed by atoms with Crippen molar-refractivity contribution >= 4 is 17.4 Å². The van der Waals surface area contributed by atoms with Gasteiger partial charge in [0.05, 0.1) is 0 Å². The predicted octanol–water partition coefficient (Wildman–Crippen LogP) is 3.64. The van der Waals surface area contributed by atoms with Crippen molar-refractivity contribution in [3.63, 3.8) is 0 Å². The van der Waals surface area contributed by atoms with Gasteiger partial charge in [0, 0.05) is 18.1 Å². The molecule has 0 aromatic carbocycles. The Labute approximate surface area is 109 Å². The molecular formula is C14H21ClN2. The van der Waals surface area contributed by atoms with Crippen molar-refractivity contribution in [2.75, 3.05) is 17.7 Å². The highest BCUT2D eigenvalue weighted by Crippen LogP contribution is 2.21. The van der Waals surface area contributed by atoms with Gasteiger partial charge in [-0.2, -0.15) is 0 Å². The monoisotopic (exact) mass is 252 g/mol. The molecule has 1 aliphatic rings. The SMILES string of the molecule is CC(CCl)CCCNc1ccc2c(n1)CCC2. The fourth-order valence-corrected chi connectivity index (χ4v) is 2.42. The van der Waals surface area contributed by atoms with Crippen LogP contribution in [0, 0.1) is 5.92 Å². The molecule has 2 rings (SSSR count). The summed E-state index contributed by atoms with van der Waals surface area (Å²) in [5, 5.41) is 3.40. The first-order chi connectivity index (χ1) is 8.29.